The molecule has 104 valence electrons. The van der Waals surface area contributed by atoms with Gasteiger partial charge in [0.1, 0.15) is 5.82 Å². The molecule has 0 saturated heterocycles. The van der Waals surface area contributed by atoms with Gasteiger partial charge in [0.15, 0.2) is 0 Å². The lowest BCUT2D eigenvalue weighted by Crippen LogP contribution is -2.17. The first-order valence-electron chi connectivity index (χ1n) is 6.34. The molecule has 0 heterocycles. The average Bonchev–Trinajstić information content (AvgIpc) is 2.46. The summed E-state index contributed by atoms with van der Waals surface area (Å²) in [5.74, 6) is 5.98. The molecule has 0 amide bonds. The Balaban J connectivity index is 0.00000200. The first-order valence-corrected chi connectivity index (χ1v) is 6.34. The number of nitrogens with one attached hydrogen (secondary N) is 1. The van der Waals surface area contributed by atoms with Crippen LogP contribution < -0.4 is 5.32 Å². The second-order valence-corrected chi connectivity index (χ2v) is 4.22. The molecule has 0 aromatic heterocycles. The van der Waals surface area contributed by atoms with Gasteiger partial charge in [-0.05, 0) is 36.2 Å². The van der Waals surface area contributed by atoms with Gasteiger partial charge in [-0.2, -0.15) is 0 Å². The Morgan fingerprint density at radius 3 is 2.35 bits per heavy atom. The van der Waals surface area contributed by atoms with Crippen molar-refractivity contribution < 1.29 is 4.39 Å². The van der Waals surface area contributed by atoms with Crippen LogP contribution in [0.25, 0.3) is 0 Å². The highest BCUT2D eigenvalue weighted by molar-refractivity contribution is 5.85. The SMILES string of the molecule is Cl.Fc1ccc(CCNCC#Cc2ccccc2)cc1. The van der Waals surface area contributed by atoms with Gasteiger partial charge in [0.25, 0.3) is 0 Å². The quantitative estimate of drug-likeness (QED) is 0.672. The highest BCUT2D eigenvalue weighted by Gasteiger charge is 1.93. The highest BCUT2D eigenvalue weighted by atomic mass is 35.5. The zero-order valence-electron chi connectivity index (χ0n) is 11.1. The van der Waals surface area contributed by atoms with E-state index in [2.05, 4.69) is 17.2 Å². The summed E-state index contributed by atoms with van der Waals surface area (Å²) >= 11 is 0. The fourth-order valence-electron chi connectivity index (χ4n) is 1.70. The zero-order valence-corrected chi connectivity index (χ0v) is 11.9. The summed E-state index contributed by atoms with van der Waals surface area (Å²) in [6.07, 6.45) is 0.882. The monoisotopic (exact) mass is 289 g/mol. The maximum absolute atomic E-state index is 12.7. The van der Waals surface area contributed by atoms with Crippen molar-refractivity contribution >= 4 is 12.4 Å². The van der Waals surface area contributed by atoms with Crippen molar-refractivity contribution in [2.24, 2.45) is 0 Å². The fraction of sp³-hybridized carbons (Fsp3) is 0.176. The molecule has 2 aromatic rings. The molecule has 0 aliphatic rings. The lowest BCUT2D eigenvalue weighted by molar-refractivity contribution is 0.626. The highest BCUT2D eigenvalue weighted by Crippen LogP contribution is 2.02. The van der Waals surface area contributed by atoms with Gasteiger partial charge in [0.2, 0.25) is 0 Å². The molecule has 3 heteroatoms. The van der Waals surface area contributed by atoms with Gasteiger partial charge in [-0.3, -0.25) is 0 Å². The third-order valence-corrected chi connectivity index (χ3v) is 2.72. The van der Waals surface area contributed by atoms with Crippen LogP contribution in [0.5, 0.6) is 0 Å². The number of hydrogen-bond donors (Lipinski definition) is 1. The molecule has 1 N–H and O–H groups in total. The van der Waals surface area contributed by atoms with Crippen molar-refractivity contribution in [3.05, 3.63) is 71.5 Å². The minimum absolute atomic E-state index is 0. The van der Waals surface area contributed by atoms with Crippen LogP contribution in [0.1, 0.15) is 11.1 Å². The van der Waals surface area contributed by atoms with Gasteiger partial charge in [-0.25, -0.2) is 4.39 Å². The zero-order chi connectivity index (χ0) is 13.3. The molecule has 0 saturated carbocycles. The summed E-state index contributed by atoms with van der Waals surface area (Å²) in [5, 5.41) is 3.25. The topological polar surface area (TPSA) is 12.0 Å². The third-order valence-electron chi connectivity index (χ3n) is 2.72. The molecule has 0 spiro atoms. The van der Waals surface area contributed by atoms with Gasteiger partial charge in [-0.1, -0.05) is 42.2 Å². The Kier molecular flexibility index (Phi) is 7.42. The second kappa shape index (κ2) is 9.14. The number of halogens is 2. The molecule has 2 aromatic carbocycles. The predicted octanol–water partition coefficient (Wildman–Crippen LogP) is 3.43. The minimum atomic E-state index is -0.189. The van der Waals surface area contributed by atoms with Gasteiger partial charge < -0.3 is 5.32 Å². The van der Waals surface area contributed by atoms with E-state index in [1.807, 2.05) is 42.5 Å². The van der Waals surface area contributed by atoms with Gasteiger partial charge in [-0.15, -0.1) is 12.4 Å². The lowest BCUT2D eigenvalue weighted by atomic mass is 10.1. The van der Waals surface area contributed by atoms with Crippen molar-refractivity contribution in [1.29, 1.82) is 0 Å². The van der Waals surface area contributed by atoms with E-state index in [1.54, 1.807) is 0 Å². The van der Waals surface area contributed by atoms with Crippen molar-refractivity contribution in [3.63, 3.8) is 0 Å². The van der Waals surface area contributed by atoms with E-state index >= 15 is 0 Å². The summed E-state index contributed by atoms with van der Waals surface area (Å²) in [6.45, 7) is 1.51. The largest absolute Gasteiger partial charge is 0.306 e. The van der Waals surface area contributed by atoms with E-state index in [-0.39, 0.29) is 18.2 Å². The van der Waals surface area contributed by atoms with Gasteiger partial charge in [0, 0.05) is 12.1 Å². The van der Waals surface area contributed by atoms with Crippen LogP contribution in [0.4, 0.5) is 4.39 Å². The van der Waals surface area contributed by atoms with Crippen LogP contribution in [0, 0.1) is 17.7 Å². The van der Waals surface area contributed by atoms with E-state index in [0.717, 1.165) is 24.1 Å². The van der Waals surface area contributed by atoms with Gasteiger partial charge in [0.05, 0.1) is 6.54 Å². The molecule has 0 radical (unpaired) electrons. The Labute approximate surface area is 125 Å². The molecule has 0 aliphatic heterocycles. The Morgan fingerprint density at radius 1 is 0.950 bits per heavy atom. The van der Waals surface area contributed by atoms with Crippen LogP contribution >= 0.6 is 12.4 Å². The van der Waals surface area contributed by atoms with Crippen molar-refractivity contribution in [3.8, 4) is 11.8 Å². The molecule has 1 nitrogen and oxygen atoms in total. The second-order valence-electron chi connectivity index (χ2n) is 4.22. The van der Waals surface area contributed by atoms with E-state index < -0.39 is 0 Å². The third kappa shape index (κ3) is 5.88. The summed E-state index contributed by atoms with van der Waals surface area (Å²) < 4.78 is 12.7. The number of hydrogen-bond acceptors (Lipinski definition) is 1. The first-order chi connectivity index (χ1) is 9.34. The molecule has 0 fully saturated rings. The summed E-state index contributed by atoms with van der Waals surface area (Å²) in [6, 6.07) is 16.5. The fourth-order valence-corrected chi connectivity index (χ4v) is 1.70. The summed E-state index contributed by atoms with van der Waals surface area (Å²) in [5.41, 5.74) is 2.16. The van der Waals surface area contributed by atoms with E-state index in [9.17, 15) is 4.39 Å². The minimum Gasteiger partial charge on any atom is -0.306 e. The van der Waals surface area contributed by atoms with Crippen LogP contribution in [0.2, 0.25) is 0 Å². The molecule has 0 bridgehead atoms. The van der Waals surface area contributed by atoms with Crippen LogP contribution in [-0.4, -0.2) is 13.1 Å². The molecular formula is C17H17ClFN. The predicted molar refractivity (Wildman–Crippen MR) is 83.5 cm³/mol. The smallest absolute Gasteiger partial charge is 0.123 e. The van der Waals surface area contributed by atoms with Crippen LogP contribution in [0.15, 0.2) is 54.6 Å². The Hall–Kier alpha value is -1.82. The Bertz CT molecular complexity index is 555. The molecule has 0 atom stereocenters. The normalized spacial score (nSPS) is 9.25. The van der Waals surface area contributed by atoms with Crippen molar-refractivity contribution in [2.75, 3.05) is 13.1 Å². The Morgan fingerprint density at radius 2 is 1.65 bits per heavy atom. The van der Waals surface area contributed by atoms with Crippen LogP contribution in [0.3, 0.4) is 0 Å². The molecule has 2 rings (SSSR count). The average molecular weight is 290 g/mol. The molecule has 20 heavy (non-hydrogen) atoms. The van der Waals surface area contributed by atoms with Gasteiger partial charge >= 0.3 is 0 Å². The summed E-state index contributed by atoms with van der Waals surface area (Å²) in [7, 11) is 0. The molecule has 0 unspecified atom stereocenters. The summed E-state index contributed by atoms with van der Waals surface area (Å²) in [4.78, 5) is 0. The maximum atomic E-state index is 12.7. The lowest BCUT2D eigenvalue weighted by Gasteiger charge is -2.01. The number of rotatable bonds is 4. The van der Waals surface area contributed by atoms with Crippen molar-refractivity contribution in [2.45, 2.75) is 6.42 Å². The first kappa shape index (κ1) is 16.2. The number of benzene rings is 2. The van der Waals surface area contributed by atoms with Crippen LogP contribution in [-0.2, 0) is 6.42 Å². The van der Waals surface area contributed by atoms with E-state index in [0.29, 0.717) is 6.54 Å². The molecular weight excluding hydrogens is 273 g/mol. The molecule has 0 aliphatic carbocycles. The maximum Gasteiger partial charge on any atom is 0.123 e. The standard InChI is InChI=1S/C17H16FN.ClH/c18-17-10-8-16(9-11-17)12-14-19-13-4-7-15-5-2-1-3-6-15;/h1-3,5-6,8-11,19H,12-14H2;1H. The van der Waals surface area contributed by atoms with Crippen molar-refractivity contribution in [1.82, 2.24) is 5.32 Å². The van der Waals surface area contributed by atoms with E-state index in [1.165, 1.54) is 12.1 Å². The van der Waals surface area contributed by atoms with E-state index in [4.69, 9.17) is 0 Å².